The van der Waals surface area contributed by atoms with Gasteiger partial charge >= 0.3 is 11.7 Å². The van der Waals surface area contributed by atoms with Crippen molar-refractivity contribution >= 4 is 11.7 Å². The first-order valence-corrected chi connectivity index (χ1v) is 5.71. The van der Waals surface area contributed by atoms with E-state index in [0.717, 1.165) is 0 Å². The molecule has 104 valence electrons. The summed E-state index contributed by atoms with van der Waals surface area (Å²) in [4.78, 5) is 21.7. The second-order valence-electron chi connectivity index (χ2n) is 3.73. The summed E-state index contributed by atoms with van der Waals surface area (Å²) in [6.45, 7) is 3.00. The van der Waals surface area contributed by atoms with Crippen LogP contribution in [0.5, 0.6) is 5.75 Å². The van der Waals surface area contributed by atoms with Crippen molar-refractivity contribution in [3.05, 3.63) is 33.9 Å². The molecule has 0 heterocycles. The lowest BCUT2D eigenvalue weighted by atomic mass is 10.2. The SMILES string of the molecule is CCOC(=O)C(C)Oc1ccc(CO)cc1[N+](=O)[O-]. The number of rotatable bonds is 6. The van der Waals surface area contributed by atoms with Crippen LogP contribution in [0.4, 0.5) is 5.69 Å². The van der Waals surface area contributed by atoms with Gasteiger partial charge in [-0.3, -0.25) is 10.1 Å². The van der Waals surface area contributed by atoms with E-state index in [-0.39, 0.29) is 24.7 Å². The number of aliphatic hydroxyl groups is 1. The third-order valence-corrected chi connectivity index (χ3v) is 2.32. The maximum absolute atomic E-state index is 11.4. The monoisotopic (exact) mass is 269 g/mol. The predicted molar refractivity (Wildman–Crippen MR) is 65.7 cm³/mol. The number of nitro benzene ring substituents is 1. The highest BCUT2D eigenvalue weighted by Crippen LogP contribution is 2.29. The summed E-state index contributed by atoms with van der Waals surface area (Å²) in [7, 11) is 0. The van der Waals surface area contributed by atoms with Crippen LogP contribution in [0.25, 0.3) is 0 Å². The van der Waals surface area contributed by atoms with Gasteiger partial charge in [0.25, 0.3) is 0 Å². The third kappa shape index (κ3) is 3.92. The van der Waals surface area contributed by atoms with Crippen LogP contribution in [0, 0.1) is 10.1 Å². The summed E-state index contributed by atoms with van der Waals surface area (Å²) < 4.78 is 9.97. The van der Waals surface area contributed by atoms with E-state index >= 15 is 0 Å². The quantitative estimate of drug-likeness (QED) is 0.476. The minimum atomic E-state index is -0.946. The second-order valence-corrected chi connectivity index (χ2v) is 3.73. The van der Waals surface area contributed by atoms with Gasteiger partial charge in [0.05, 0.1) is 18.1 Å². The van der Waals surface area contributed by atoms with Crippen LogP contribution in [-0.2, 0) is 16.1 Å². The molecule has 0 aliphatic carbocycles. The minimum absolute atomic E-state index is 0.0391. The van der Waals surface area contributed by atoms with Crippen molar-refractivity contribution in [2.45, 2.75) is 26.6 Å². The molecule has 0 fully saturated rings. The van der Waals surface area contributed by atoms with Crippen LogP contribution in [-0.4, -0.2) is 28.7 Å². The number of benzene rings is 1. The average Bonchev–Trinajstić information content (AvgIpc) is 2.39. The molecule has 1 aromatic rings. The van der Waals surface area contributed by atoms with Gasteiger partial charge in [-0.2, -0.15) is 0 Å². The lowest BCUT2D eigenvalue weighted by Gasteiger charge is -2.13. The molecule has 0 saturated heterocycles. The van der Waals surface area contributed by atoms with Crippen molar-refractivity contribution < 1.29 is 24.3 Å². The second kappa shape index (κ2) is 6.69. The van der Waals surface area contributed by atoms with Gasteiger partial charge in [0.1, 0.15) is 0 Å². The molecule has 0 saturated carbocycles. The number of nitro groups is 1. The molecule has 1 rings (SSSR count). The number of ether oxygens (including phenoxy) is 2. The number of carbonyl (C=O) groups is 1. The smallest absolute Gasteiger partial charge is 0.347 e. The minimum Gasteiger partial charge on any atom is -0.472 e. The van der Waals surface area contributed by atoms with Crippen molar-refractivity contribution in [2.24, 2.45) is 0 Å². The Morgan fingerprint density at radius 3 is 2.74 bits per heavy atom. The molecule has 0 bridgehead atoms. The summed E-state index contributed by atoms with van der Waals surface area (Å²) in [5, 5.41) is 19.8. The third-order valence-electron chi connectivity index (χ3n) is 2.32. The number of esters is 1. The fourth-order valence-corrected chi connectivity index (χ4v) is 1.40. The van der Waals surface area contributed by atoms with Crippen molar-refractivity contribution in [1.29, 1.82) is 0 Å². The summed E-state index contributed by atoms with van der Waals surface area (Å²) >= 11 is 0. The Kier molecular flexibility index (Phi) is 5.25. The summed E-state index contributed by atoms with van der Waals surface area (Å²) in [5.41, 5.74) is 0.0885. The molecule has 0 aliphatic rings. The highest BCUT2D eigenvalue weighted by atomic mass is 16.6. The van der Waals surface area contributed by atoms with Crippen molar-refractivity contribution in [3.8, 4) is 5.75 Å². The Balaban J connectivity index is 2.94. The lowest BCUT2D eigenvalue weighted by Crippen LogP contribution is -2.26. The number of hydrogen-bond acceptors (Lipinski definition) is 6. The molecular formula is C12H15NO6. The predicted octanol–water partition coefficient (Wildman–Crippen LogP) is 1.42. The highest BCUT2D eigenvalue weighted by molar-refractivity contribution is 5.74. The van der Waals surface area contributed by atoms with E-state index < -0.39 is 17.0 Å². The highest BCUT2D eigenvalue weighted by Gasteiger charge is 2.22. The summed E-state index contributed by atoms with van der Waals surface area (Å²) in [5.74, 6) is -0.634. The van der Waals surface area contributed by atoms with E-state index in [9.17, 15) is 14.9 Å². The van der Waals surface area contributed by atoms with Crippen LogP contribution < -0.4 is 4.74 Å². The van der Waals surface area contributed by atoms with Gasteiger partial charge < -0.3 is 14.6 Å². The maximum Gasteiger partial charge on any atom is 0.347 e. The standard InChI is InChI=1S/C12H15NO6/c1-3-18-12(15)8(2)19-11-5-4-9(7-14)6-10(11)13(16)17/h4-6,8,14H,3,7H2,1-2H3. The van der Waals surface area contributed by atoms with Gasteiger partial charge in [0.15, 0.2) is 11.9 Å². The molecule has 0 aromatic heterocycles. The van der Waals surface area contributed by atoms with Gasteiger partial charge in [-0.25, -0.2) is 4.79 Å². The van der Waals surface area contributed by atoms with Crippen molar-refractivity contribution in [3.63, 3.8) is 0 Å². The number of nitrogens with zero attached hydrogens (tertiary/aromatic N) is 1. The zero-order chi connectivity index (χ0) is 14.4. The topological polar surface area (TPSA) is 98.9 Å². The Morgan fingerprint density at radius 2 is 2.21 bits per heavy atom. The lowest BCUT2D eigenvalue weighted by molar-refractivity contribution is -0.386. The normalized spacial score (nSPS) is 11.7. The Bertz CT molecular complexity index is 473. The average molecular weight is 269 g/mol. The first-order valence-electron chi connectivity index (χ1n) is 5.71. The van der Waals surface area contributed by atoms with E-state index in [2.05, 4.69) is 0 Å². The zero-order valence-corrected chi connectivity index (χ0v) is 10.7. The molecule has 1 aromatic carbocycles. The van der Waals surface area contributed by atoms with E-state index in [1.165, 1.54) is 25.1 Å². The van der Waals surface area contributed by atoms with E-state index in [1.807, 2.05) is 0 Å². The number of carbonyl (C=O) groups excluding carboxylic acids is 1. The molecule has 1 unspecified atom stereocenters. The molecule has 0 amide bonds. The van der Waals surface area contributed by atoms with Gasteiger partial charge in [0.2, 0.25) is 0 Å². The van der Waals surface area contributed by atoms with E-state index in [1.54, 1.807) is 6.92 Å². The molecular weight excluding hydrogens is 254 g/mol. The molecule has 1 atom stereocenters. The van der Waals surface area contributed by atoms with Crippen molar-refractivity contribution in [2.75, 3.05) is 6.61 Å². The maximum atomic E-state index is 11.4. The van der Waals surface area contributed by atoms with Gasteiger partial charge in [0, 0.05) is 6.07 Å². The van der Waals surface area contributed by atoms with Gasteiger partial charge in [-0.1, -0.05) is 6.07 Å². The molecule has 19 heavy (non-hydrogen) atoms. The largest absolute Gasteiger partial charge is 0.472 e. The van der Waals surface area contributed by atoms with Crippen LogP contribution in [0.1, 0.15) is 19.4 Å². The van der Waals surface area contributed by atoms with Crippen LogP contribution in [0.15, 0.2) is 18.2 Å². The van der Waals surface area contributed by atoms with E-state index in [0.29, 0.717) is 5.56 Å². The molecule has 7 heteroatoms. The van der Waals surface area contributed by atoms with E-state index in [4.69, 9.17) is 14.6 Å². The van der Waals surface area contributed by atoms with Crippen LogP contribution >= 0.6 is 0 Å². The Labute approximate surface area is 109 Å². The van der Waals surface area contributed by atoms with Crippen LogP contribution in [0.3, 0.4) is 0 Å². The molecule has 0 radical (unpaired) electrons. The van der Waals surface area contributed by atoms with Crippen LogP contribution in [0.2, 0.25) is 0 Å². The molecule has 7 nitrogen and oxygen atoms in total. The molecule has 1 N–H and O–H groups in total. The first-order chi connectivity index (χ1) is 8.99. The first kappa shape index (κ1) is 14.9. The summed E-state index contributed by atoms with van der Waals surface area (Å²) in [6.07, 6.45) is -0.946. The Morgan fingerprint density at radius 1 is 1.53 bits per heavy atom. The fourth-order valence-electron chi connectivity index (χ4n) is 1.40. The number of aliphatic hydroxyl groups excluding tert-OH is 1. The fraction of sp³-hybridized carbons (Fsp3) is 0.417. The zero-order valence-electron chi connectivity index (χ0n) is 10.7. The van der Waals surface area contributed by atoms with Crippen molar-refractivity contribution in [1.82, 2.24) is 0 Å². The van der Waals surface area contributed by atoms with Gasteiger partial charge in [-0.05, 0) is 25.5 Å². The summed E-state index contributed by atoms with van der Waals surface area (Å²) in [6, 6.07) is 4.03. The molecule has 0 aliphatic heterocycles. The molecule has 0 spiro atoms. The van der Waals surface area contributed by atoms with Gasteiger partial charge in [-0.15, -0.1) is 0 Å². The number of hydrogen-bond donors (Lipinski definition) is 1. The Hall–Kier alpha value is -2.15.